The summed E-state index contributed by atoms with van der Waals surface area (Å²) in [6.45, 7) is 8.04. The molecule has 0 aliphatic carbocycles. The van der Waals surface area contributed by atoms with Crippen molar-refractivity contribution in [2.75, 3.05) is 0 Å². The molecule has 1 aliphatic heterocycles. The Morgan fingerprint density at radius 1 is 0.900 bits per heavy atom. The molecule has 2 radical (unpaired) electrons. The van der Waals surface area contributed by atoms with Crippen LogP contribution < -0.4 is 0 Å². The van der Waals surface area contributed by atoms with Gasteiger partial charge in [-0.15, -0.1) is 0 Å². The normalized spacial score (nSPS) is 26.8. The molecule has 1 rings (SSSR count). The molecule has 1 saturated heterocycles. The number of hydrogen-bond acceptors (Lipinski definition) is 2. The van der Waals surface area contributed by atoms with Crippen LogP contribution in [-0.2, 0) is 9.31 Å². The van der Waals surface area contributed by atoms with E-state index in [0.29, 0.717) is 0 Å². The molecule has 0 amide bonds. The van der Waals surface area contributed by atoms with E-state index in [1.807, 2.05) is 27.7 Å². The van der Waals surface area contributed by atoms with Crippen molar-refractivity contribution in [1.82, 2.24) is 0 Å². The zero-order chi connectivity index (χ0) is 7.12. The third-order valence-electron chi connectivity index (χ3n) is 2.14. The lowest BCUT2D eigenvalue weighted by Crippen LogP contribution is -2.41. The summed E-state index contributed by atoms with van der Waals surface area (Å²) in [7, 11) is 1.42. The van der Waals surface area contributed by atoms with E-state index in [-0.39, 0.29) is 28.6 Å². The van der Waals surface area contributed by atoms with Gasteiger partial charge >= 0.3 is 7.69 Å². The maximum atomic E-state index is 5.21. The first-order valence-corrected chi connectivity index (χ1v) is 3.13. The molecule has 1 aliphatic rings. The fourth-order valence-electron chi connectivity index (χ4n) is 0.548. The molecular weight excluding hydrogens is 142 g/mol. The van der Waals surface area contributed by atoms with Gasteiger partial charge in [0, 0.05) is 0 Å². The van der Waals surface area contributed by atoms with E-state index in [2.05, 4.69) is 0 Å². The van der Waals surface area contributed by atoms with Gasteiger partial charge in [0.2, 0.25) is 0 Å². The van der Waals surface area contributed by atoms with Crippen molar-refractivity contribution in [3.8, 4) is 0 Å². The highest BCUT2D eigenvalue weighted by Gasteiger charge is 2.44. The van der Waals surface area contributed by atoms with Gasteiger partial charge in [0.15, 0.2) is 0 Å². The predicted molar refractivity (Wildman–Crippen MR) is 44.6 cm³/mol. The molecule has 1 fully saturated rings. The minimum absolute atomic E-state index is 0. The van der Waals surface area contributed by atoms with E-state index in [1.54, 1.807) is 0 Å². The van der Waals surface area contributed by atoms with Crippen LogP contribution in [-0.4, -0.2) is 36.2 Å². The van der Waals surface area contributed by atoms with Crippen LogP contribution in [0.4, 0.5) is 0 Å². The van der Waals surface area contributed by atoms with Crippen LogP contribution in [0, 0.1) is 0 Å². The van der Waals surface area contributed by atoms with Gasteiger partial charge in [-0.2, -0.15) is 0 Å². The minimum Gasteiger partial charge on any atom is -0.405 e. The Bertz CT molecular complexity index is 111. The second kappa shape index (κ2) is 2.87. The third kappa shape index (κ3) is 1.57. The third-order valence-corrected chi connectivity index (χ3v) is 2.14. The molecule has 4 heteroatoms. The Kier molecular flexibility index (Phi) is 3.02. The molecule has 1 heterocycles. The van der Waals surface area contributed by atoms with Crippen molar-refractivity contribution in [1.29, 1.82) is 0 Å². The Labute approximate surface area is 73.7 Å². The smallest absolute Gasteiger partial charge is 0.405 e. The molecule has 2 nitrogen and oxygen atoms in total. The molecule has 0 aromatic carbocycles. The highest BCUT2D eigenvalue weighted by Crippen LogP contribution is 2.33. The van der Waals surface area contributed by atoms with E-state index >= 15 is 0 Å². The Morgan fingerprint density at radius 2 is 1.20 bits per heavy atom. The summed E-state index contributed by atoms with van der Waals surface area (Å²) in [5.41, 5.74) is -0.375. The molecular formula is C6H14AlBO2. The fourth-order valence-corrected chi connectivity index (χ4v) is 0.548. The molecule has 56 valence electrons. The van der Waals surface area contributed by atoms with Crippen molar-refractivity contribution in [2.45, 2.75) is 38.9 Å². The van der Waals surface area contributed by atoms with Crippen molar-refractivity contribution >= 4 is 25.0 Å². The van der Waals surface area contributed by atoms with Crippen LogP contribution in [0.15, 0.2) is 0 Å². The van der Waals surface area contributed by atoms with Gasteiger partial charge < -0.3 is 9.31 Å². The van der Waals surface area contributed by atoms with Crippen LogP contribution in [0.3, 0.4) is 0 Å². The zero-order valence-corrected chi connectivity index (χ0v) is 9.39. The van der Waals surface area contributed by atoms with E-state index in [0.717, 1.165) is 0 Å². The lowest BCUT2D eigenvalue weighted by atomic mass is 9.90. The molecule has 0 bridgehead atoms. The summed E-state index contributed by atoms with van der Waals surface area (Å²) in [6, 6.07) is 0. The highest BCUT2D eigenvalue weighted by molar-refractivity contribution is 6.19. The van der Waals surface area contributed by atoms with Crippen LogP contribution in [0.2, 0.25) is 0 Å². The van der Waals surface area contributed by atoms with Gasteiger partial charge in [0.25, 0.3) is 0 Å². The maximum absolute atomic E-state index is 5.21. The van der Waals surface area contributed by atoms with E-state index < -0.39 is 0 Å². The summed E-state index contributed by atoms with van der Waals surface area (Å²) in [6.07, 6.45) is 0. The summed E-state index contributed by atoms with van der Waals surface area (Å²) in [5.74, 6) is 0. The number of rotatable bonds is 0. The quantitative estimate of drug-likeness (QED) is 0.466. The first kappa shape index (κ1) is 10.5. The van der Waals surface area contributed by atoms with Crippen molar-refractivity contribution in [2.24, 2.45) is 0 Å². The van der Waals surface area contributed by atoms with Crippen LogP contribution >= 0.6 is 0 Å². The molecule has 0 N–H and O–H groups in total. The fraction of sp³-hybridized carbons (Fsp3) is 1.00. The number of hydrogen-bond donors (Lipinski definition) is 0. The Balaban J connectivity index is 0.000000810. The summed E-state index contributed by atoms with van der Waals surface area (Å²) < 4.78 is 10.4. The van der Waals surface area contributed by atoms with Gasteiger partial charge in [0.1, 0.15) is 17.4 Å². The van der Waals surface area contributed by atoms with Gasteiger partial charge in [-0.05, 0) is 27.7 Å². The molecule has 0 atom stereocenters. The average molecular weight is 156 g/mol. The second-order valence-electron chi connectivity index (χ2n) is 3.35. The zero-order valence-electron chi connectivity index (χ0n) is 7.39. The Hall–Kier alpha value is 0.517. The second-order valence-corrected chi connectivity index (χ2v) is 3.35. The monoisotopic (exact) mass is 156 g/mol. The van der Waals surface area contributed by atoms with Crippen LogP contribution in [0.1, 0.15) is 27.7 Å². The van der Waals surface area contributed by atoms with Gasteiger partial charge in [-0.3, -0.25) is 0 Å². The Morgan fingerprint density at radius 3 is 1.30 bits per heavy atom. The van der Waals surface area contributed by atoms with Crippen molar-refractivity contribution in [3.05, 3.63) is 0 Å². The van der Waals surface area contributed by atoms with E-state index in [1.165, 1.54) is 7.69 Å². The highest BCUT2D eigenvalue weighted by atomic mass is 27.0. The first-order valence-electron chi connectivity index (χ1n) is 3.13. The maximum Gasteiger partial charge on any atom is 0.488 e. The SMILES string of the molecule is CC1(C)O[B]OC1(C)C.[AlH2]. The molecule has 0 unspecified atom stereocenters. The van der Waals surface area contributed by atoms with Crippen LogP contribution in [0.5, 0.6) is 0 Å². The predicted octanol–water partition coefficient (Wildman–Crippen LogP) is 0.208. The van der Waals surface area contributed by atoms with Gasteiger partial charge in [-0.25, -0.2) is 0 Å². The molecule has 0 saturated carbocycles. The van der Waals surface area contributed by atoms with Crippen molar-refractivity contribution in [3.63, 3.8) is 0 Å². The average Bonchev–Trinajstić information content (AvgIpc) is 1.81. The molecule has 0 spiro atoms. The van der Waals surface area contributed by atoms with E-state index in [9.17, 15) is 0 Å². The van der Waals surface area contributed by atoms with Crippen LogP contribution in [0.25, 0.3) is 0 Å². The summed E-state index contributed by atoms with van der Waals surface area (Å²) >= 11 is 0. The molecule has 0 aromatic heterocycles. The lowest BCUT2D eigenvalue weighted by Gasteiger charge is -2.32. The van der Waals surface area contributed by atoms with Gasteiger partial charge in [0.05, 0.1) is 11.2 Å². The largest absolute Gasteiger partial charge is 0.488 e. The minimum atomic E-state index is -0.188. The summed E-state index contributed by atoms with van der Waals surface area (Å²) in [4.78, 5) is 0. The topological polar surface area (TPSA) is 18.5 Å². The standard InChI is InChI=1S/C6H12BO2.Al.2H/c1-5(2)6(3,4)9-7-8-5;;;/h1-4H3;;;. The lowest BCUT2D eigenvalue weighted by molar-refractivity contribution is 0.00578. The van der Waals surface area contributed by atoms with Crippen molar-refractivity contribution < 1.29 is 9.31 Å². The van der Waals surface area contributed by atoms with E-state index in [4.69, 9.17) is 9.31 Å². The molecule has 0 aromatic rings. The molecule has 10 heavy (non-hydrogen) atoms. The summed E-state index contributed by atoms with van der Waals surface area (Å²) in [5, 5.41) is 0. The first-order chi connectivity index (χ1) is 3.96. The van der Waals surface area contributed by atoms with Gasteiger partial charge in [-0.1, -0.05) is 0 Å².